The number of carbonyl (C=O) groups is 2. The van der Waals surface area contributed by atoms with Crippen molar-refractivity contribution in [1.29, 1.82) is 0 Å². The molecule has 1 saturated carbocycles. The van der Waals surface area contributed by atoms with Crippen LogP contribution < -0.4 is 0 Å². The number of hydrogen-bond acceptors (Lipinski definition) is 6. The molecular formula is C23H32N6O2S. The molecule has 5 rings (SSSR count). The normalized spacial score (nSPS) is 21.4. The third-order valence-corrected chi connectivity index (χ3v) is 7.70. The minimum Gasteiger partial charge on any atom is -0.336 e. The zero-order valence-corrected chi connectivity index (χ0v) is 19.8. The third-order valence-electron chi connectivity index (χ3n) is 7.06. The molecule has 1 atom stereocenters. The van der Waals surface area contributed by atoms with Gasteiger partial charge in [0.1, 0.15) is 0 Å². The molecule has 9 heteroatoms. The maximum absolute atomic E-state index is 13.4. The molecule has 1 saturated heterocycles. The molecule has 2 aliphatic heterocycles. The van der Waals surface area contributed by atoms with Crippen molar-refractivity contribution in [3.8, 4) is 0 Å². The molecular weight excluding hydrogens is 424 g/mol. The summed E-state index contributed by atoms with van der Waals surface area (Å²) < 4.78 is 2.06. The van der Waals surface area contributed by atoms with Crippen LogP contribution in [0.1, 0.15) is 59.5 Å². The lowest BCUT2D eigenvalue weighted by Crippen LogP contribution is -2.50. The van der Waals surface area contributed by atoms with Gasteiger partial charge in [0.05, 0.1) is 23.8 Å². The summed E-state index contributed by atoms with van der Waals surface area (Å²) in [5.74, 6) is 0.778. The second-order valence-corrected chi connectivity index (χ2v) is 10.3. The van der Waals surface area contributed by atoms with Crippen LogP contribution in [0.4, 0.5) is 0 Å². The number of hydrogen-bond donors (Lipinski definition) is 0. The van der Waals surface area contributed by atoms with Gasteiger partial charge < -0.3 is 9.80 Å². The van der Waals surface area contributed by atoms with Gasteiger partial charge >= 0.3 is 0 Å². The monoisotopic (exact) mass is 456 g/mol. The van der Waals surface area contributed by atoms with Crippen molar-refractivity contribution >= 4 is 23.2 Å². The molecule has 1 unspecified atom stereocenters. The van der Waals surface area contributed by atoms with Gasteiger partial charge in [-0.3, -0.25) is 19.2 Å². The molecule has 0 N–H and O–H groups in total. The number of nitrogens with zero attached hydrogens (tertiary/aromatic N) is 6. The van der Waals surface area contributed by atoms with Crippen molar-refractivity contribution in [2.24, 2.45) is 5.92 Å². The first-order valence-electron chi connectivity index (χ1n) is 11.7. The third kappa shape index (κ3) is 4.32. The van der Waals surface area contributed by atoms with Crippen molar-refractivity contribution in [1.82, 2.24) is 29.5 Å². The first-order valence-corrected chi connectivity index (χ1v) is 12.7. The molecule has 1 aliphatic carbocycles. The van der Waals surface area contributed by atoms with E-state index in [1.54, 1.807) is 17.5 Å². The molecule has 2 aromatic rings. The highest BCUT2D eigenvalue weighted by molar-refractivity contribution is 7.07. The summed E-state index contributed by atoms with van der Waals surface area (Å²) in [6, 6.07) is -0.0432. The Bertz CT molecular complexity index is 983. The summed E-state index contributed by atoms with van der Waals surface area (Å²) in [5.41, 5.74) is 5.26. The van der Waals surface area contributed by atoms with Crippen molar-refractivity contribution in [3.63, 3.8) is 0 Å². The van der Waals surface area contributed by atoms with E-state index < -0.39 is 0 Å². The lowest BCUT2D eigenvalue weighted by atomic mass is 9.99. The second kappa shape index (κ2) is 8.94. The fourth-order valence-electron chi connectivity index (χ4n) is 4.96. The SMILES string of the molecule is CN(Cc1cscn1)C(=O)c1nn(CC2CC2)c2c1CN(C(=O)C1CCCCN1C)CC2. The molecule has 0 bridgehead atoms. The summed E-state index contributed by atoms with van der Waals surface area (Å²) in [5, 5.41) is 6.77. The molecule has 3 aliphatic rings. The fourth-order valence-corrected chi connectivity index (χ4v) is 5.51. The summed E-state index contributed by atoms with van der Waals surface area (Å²) >= 11 is 1.53. The Labute approximate surface area is 193 Å². The number of thiazole rings is 1. The van der Waals surface area contributed by atoms with Gasteiger partial charge in [0.25, 0.3) is 5.91 Å². The Hall–Kier alpha value is -2.26. The van der Waals surface area contributed by atoms with Crippen molar-refractivity contribution < 1.29 is 9.59 Å². The maximum atomic E-state index is 13.4. The van der Waals surface area contributed by atoms with E-state index in [4.69, 9.17) is 5.10 Å². The van der Waals surface area contributed by atoms with E-state index >= 15 is 0 Å². The lowest BCUT2D eigenvalue weighted by molar-refractivity contribution is -0.138. The Morgan fingerprint density at radius 1 is 1.22 bits per heavy atom. The molecule has 172 valence electrons. The number of piperidine rings is 1. The zero-order chi connectivity index (χ0) is 22.2. The van der Waals surface area contributed by atoms with Gasteiger partial charge in [0, 0.05) is 49.7 Å². The summed E-state index contributed by atoms with van der Waals surface area (Å²) in [4.78, 5) is 36.9. The lowest BCUT2D eigenvalue weighted by Gasteiger charge is -2.37. The highest BCUT2D eigenvalue weighted by Gasteiger charge is 2.36. The Balaban J connectivity index is 1.39. The van der Waals surface area contributed by atoms with Crippen LogP contribution in [-0.2, 0) is 30.8 Å². The Morgan fingerprint density at radius 2 is 2.06 bits per heavy atom. The molecule has 32 heavy (non-hydrogen) atoms. The first-order chi connectivity index (χ1) is 15.5. The quantitative estimate of drug-likeness (QED) is 0.667. The van der Waals surface area contributed by atoms with Crippen LogP contribution in [0.3, 0.4) is 0 Å². The van der Waals surface area contributed by atoms with Crippen LogP contribution in [0.2, 0.25) is 0 Å². The van der Waals surface area contributed by atoms with Gasteiger partial charge in [0.2, 0.25) is 5.91 Å². The molecule has 4 heterocycles. The zero-order valence-electron chi connectivity index (χ0n) is 19.0. The number of likely N-dealkylation sites (tertiary alicyclic amines) is 1. The standard InChI is InChI=1S/C23H32N6O2S/c1-26-9-4-3-5-20(26)22(30)28-10-8-19-18(13-28)21(25-29(19)11-16-6-7-16)23(31)27(2)12-17-14-32-15-24-17/h14-16,20H,3-13H2,1-2H3. The number of aromatic nitrogens is 3. The van der Waals surface area contributed by atoms with Crippen LogP contribution in [0.15, 0.2) is 10.9 Å². The van der Waals surface area contributed by atoms with E-state index in [2.05, 4.69) is 14.6 Å². The smallest absolute Gasteiger partial charge is 0.274 e. The molecule has 8 nitrogen and oxygen atoms in total. The van der Waals surface area contributed by atoms with Gasteiger partial charge in [-0.05, 0) is 45.2 Å². The van der Waals surface area contributed by atoms with Gasteiger partial charge in [0.15, 0.2) is 5.69 Å². The summed E-state index contributed by atoms with van der Waals surface area (Å²) in [6.07, 6.45) is 6.41. The number of carbonyl (C=O) groups excluding carboxylic acids is 2. The molecule has 2 amide bonds. The van der Waals surface area contributed by atoms with Crippen molar-refractivity contribution in [2.45, 2.75) is 64.2 Å². The van der Waals surface area contributed by atoms with E-state index in [0.29, 0.717) is 31.2 Å². The molecule has 0 radical (unpaired) electrons. The van der Waals surface area contributed by atoms with E-state index in [0.717, 1.165) is 55.7 Å². The molecule has 0 aromatic carbocycles. The largest absolute Gasteiger partial charge is 0.336 e. The highest BCUT2D eigenvalue weighted by Crippen LogP contribution is 2.33. The fraction of sp³-hybridized carbons (Fsp3) is 0.652. The van der Waals surface area contributed by atoms with E-state index in [9.17, 15) is 9.59 Å². The van der Waals surface area contributed by atoms with E-state index in [1.165, 1.54) is 24.2 Å². The average molecular weight is 457 g/mol. The van der Waals surface area contributed by atoms with E-state index in [1.807, 2.05) is 17.3 Å². The number of fused-ring (bicyclic) bond motifs is 1. The average Bonchev–Trinajstić information content (AvgIpc) is 3.33. The Morgan fingerprint density at radius 3 is 2.78 bits per heavy atom. The summed E-state index contributed by atoms with van der Waals surface area (Å²) in [6.45, 7) is 3.50. The number of likely N-dealkylation sites (N-methyl/N-ethyl adjacent to an activating group) is 1. The van der Waals surface area contributed by atoms with Crippen LogP contribution >= 0.6 is 11.3 Å². The predicted molar refractivity (Wildman–Crippen MR) is 122 cm³/mol. The molecule has 2 fully saturated rings. The van der Waals surface area contributed by atoms with Crippen LogP contribution in [-0.4, -0.2) is 74.5 Å². The van der Waals surface area contributed by atoms with Gasteiger partial charge in [-0.1, -0.05) is 6.42 Å². The van der Waals surface area contributed by atoms with E-state index in [-0.39, 0.29) is 17.9 Å². The van der Waals surface area contributed by atoms with Gasteiger partial charge in [-0.2, -0.15) is 5.10 Å². The number of amides is 2. The topological polar surface area (TPSA) is 74.6 Å². The first kappa shape index (κ1) is 21.6. The number of rotatable bonds is 6. The van der Waals surface area contributed by atoms with Crippen LogP contribution in [0, 0.1) is 5.92 Å². The minimum atomic E-state index is -0.0899. The predicted octanol–water partition coefficient (Wildman–Crippen LogP) is 2.39. The minimum absolute atomic E-state index is 0.0432. The maximum Gasteiger partial charge on any atom is 0.274 e. The highest BCUT2D eigenvalue weighted by atomic mass is 32.1. The molecule has 2 aromatic heterocycles. The van der Waals surface area contributed by atoms with Gasteiger partial charge in [-0.15, -0.1) is 11.3 Å². The van der Waals surface area contributed by atoms with Gasteiger partial charge in [-0.25, -0.2) is 4.98 Å². The summed E-state index contributed by atoms with van der Waals surface area (Å²) in [7, 11) is 3.85. The van der Waals surface area contributed by atoms with Crippen molar-refractivity contribution in [3.05, 3.63) is 33.5 Å². The van der Waals surface area contributed by atoms with Crippen LogP contribution in [0.25, 0.3) is 0 Å². The van der Waals surface area contributed by atoms with Crippen molar-refractivity contribution in [2.75, 3.05) is 27.2 Å². The van der Waals surface area contributed by atoms with Crippen LogP contribution in [0.5, 0.6) is 0 Å². The molecule has 0 spiro atoms. The Kier molecular flexibility index (Phi) is 6.03. The second-order valence-electron chi connectivity index (χ2n) is 9.54.